The molecule has 1 N–H and O–H groups in total. The van der Waals surface area contributed by atoms with Crippen LogP contribution in [0.1, 0.15) is 16.1 Å². The van der Waals surface area contributed by atoms with Crippen LogP contribution in [-0.4, -0.2) is 20.8 Å². The van der Waals surface area contributed by atoms with Crippen LogP contribution in [0.2, 0.25) is 0 Å². The van der Waals surface area contributed by atoms with Gasteiger partial charge < -0.3 is 5.32 Å². The highest BCUT2D eigenvalue weighted by molar-refractivity contribution is 6.03. The summed E-state index contributed by atoms with van der Waals surface area (Å²) in [6, 6.07) is 4.56. The molecule has 0 aliphatic rings. The summed E-state index contributed by atoms with van der Waals surface area (Å²) in [5, 5.41) is 13.4. The fraction of sp³-hybridized carbons (Fsp3) is 0.0833. The van der Waals surface area contributed by atoms with Crippen LogP contribution in [0.25, 0.3) is 0 Å². The zero-order valence-corrected chi connectivity index (χ0v) is 10.0. The minimum Gasteiger partial charge on any atom is -0.315 e. The summed E-state index contributed by atoms with van der Waals surface area (Å²) in [7, 11) is 0. The van der Waals surface area contributed by atoms with Crippen LogP contribution in [0.4, 0.5) is 11.4 Å². The van der Waals surface area contributed by atoms with Crippen molar-refractivity contribution in [2.45, 2.75) is 6.92 Å². The van der Waals surface area contributed by atoms with Crippen LogP contribution in [0.15, 0.2) is 36.8 Å². The second-order valence-corrected chi connectivity index (χ2v) is 3.82. The summed E-state index contributed by atoms with van der Waals surface area (Å²) in [6.45, 7) is 1.74. The minimum absolute atomic E-state index is 0.0948. The van der Waals surface area contributed by atoms with Gasteiger partial charge in [-0.25, -0.2) is 4.98 Å². The molecule has 0 fully saturated rings. The summed E-state index contributed by atoms with van der Waals surface area (Å²) in [5.41, 5.74) is 0.810. The van der Waals surface area contributed by atoms with E-state index in [0.717, 1.165) is 5.56 Å². The van der Waals surface area contributed by atoms with E-state index in [4.69, 9.17) is 0 Å². The van der Waals surface area contributed by atoms with E-state index in [1.165, 1.54) is 30.7 Å². The molecular weight excluding hydrogens is 248 g/mol. The quantitative estimate of drug-likeness (QED) is 0.670. The smallest absolute Gasteiger partial charge is 0.293 e. The summed E-state index contributed by atoms with van der Waals surface area (Å²) < 4.78 is 0. The average molecular weight is 258 g/mol. The summed E-state index contributed by atoms with van der Waals surface area (Å²) in [5.74, 6) is -0.542. The SMILES string of the molecule is Cc1ccc(NC(=O)c2cnccn2)c([N+](=O)[O-])c1. The second-order valence-electron chi connectivity index (χ2n) is 3.82. The van der Waals surface area contributed by atoms with Crippen LogP contribution in [0.3, 0.4) is 0 Å². The lowest BCUT2D eigenvalue weighted by atomic mass is 10.2. The zero-order valence-electron chi connectivity index (χ0n) is 10.0. The number of amides is 1. The largest absolute Gasteiger partial charge is 0.315 e. The van der Waals surface area contributed by atoms with Crippen molar-refractivity contribution in [3.05, 3.63) is 58.2 Å². The molecule has 0 saturated heterocycles. The Labute approximate surface area is 108 Å². The van der Waals surface area contributed by atoms with E-state index in [2.05, 4.69) is 15.3 Å². The second kappa shape index (κ2) is 5.21. The number of nitrogens with zero attached hydrogens (tertiary/aromatic N) is 3. The molecule has 7 nitrogen and oxygen atoms in total. The van der Waals surface area contributed by atoms with Crippen LogP contribution in [0, 0.1) is 17.0 Å². The fourth-order valence-electron chi connectivity index (χ4n) is 1.50. The van der Waals surface area contributed by atoms with Crippen LogP contribution in [0.5, 0.6) is 0 Å². The van der Waals surface area contributed by atoms with E-state index >= 15 is 0 Å². The minimum atomic E-state index is -0.542. The van der Waals surface area contributed by atoms with Crippen LogP contribution in [-0.2, 0) is 0 Å². The first-order valence-electron chi connectivity index (χ1n) is 5.40. The van der Waals surface area contributed by atoms with Gasteiger partial charge >= 0.3 is 0 Å². The molecule has 1 heterocycles. The van der Waals surface area contributed by atoms with Gasteiger partial charge in [-0.3, -0.25) is 19.9 Å². The van der Waals surface area contributed by atoms with Crippen molar-refractivity contribution in [3.8, 4) is 0 Å². The van der Waals surface area contributed by atoms with Crippen molar-refractivity contribution >= 4 is 17.3 Å². The maximum atomic E-state index is 11.8. The number of nitro benzene ring substituents is 1. The van der Waals surface area contributed by atoms with Crippen molar-refractivity contribution in [1.82, 2.24) is 9.97 Å². The van der Waals surface area contributed by atoms with Crippen molar-refractivity contribution in [2.24, 2.45) is 0 Å². The van der Waals surface area contributed by atoms with Gasteiger partial charge in [0.2, 0.25) is 0 Å². The highest BCUT2D eigenvalue weighted by Crippen LogP contribution is 2.25. The van der Waals surface area contributed by atoms with E-state index in [9.17, 15) is 14.9 Å². The molecule has 0 radical (unpaired) electrons. The number of aromatic nitrogens is 2. The lowest BCUT2D eigenvalue weighted by molar-refractivity contribution is -0.384. The molecule has 1 aromatic heterocycles. The molecule has 19 heavy (non-hydrogen) atoms. The Hall–Kier alpha value is -2.83. The monoisotopic (exact) mass is 258 g/mol. The molecule has 0 bridgehead atoms. The predicted octanol–water partition coefficient (Wildman–Crippen LogP) is 1.95. The molecule has 2 aromatic rings. The molecule has 0 aliphatic carbocycles. The van der Waals surface area contributed by atoms with Gasteiger partial charge in [-0.05, 0) is 18.6 Å². The van der Waals surface area contributed by atoms with E-state index < -0.39 is 10.8 Å². The maximum Gasteiger partial charge on any atom is 0.293 e. The van der Waals surface area contributed by atoms with Crippen molar-refractivity contribution in [1.29, 1.82) is 0 Å². The number of carbonyl (C=O) groups excluding carboxylic acids is 1. The number of nitro groups is 1. The number of aryl methyl sites for hydroxylation is 1. The van der Waals surface area contributed by atoms with Crippen molar-refractivity contribution in [3.63, 3.8) is 0 Å². The molecule has 2 rings (SSSR count). The molecule has 0 aliphatic heterocycles. The Morgan fingerprint density at radius 3 is 2.79 bits per heavy atom. The van der Waals surface area contributed by atoms with Gasteiger partial charge in [-0.15, -0.1) is 0 Å². The van der Waals surface area contributed by atoms with E-state index in [1.807, 2.05) is 0 Å². The normalized spacial score (nSPS) is 9.95. The Morgan fingerprint density at radius 1 is 1.37 bits per heavy atom. The molecule has 7 heteroatoms. The molecule has 96 valence electrons. The van der Waals surface area contributed by atoms with Gasteiger partial charge in [0, 0.05) is 18.5 Å². The van der Waals surface area contributed by atoms with Crippen molar-refractivity contribution in [2.75, 3.05) is 5.32 Å². The standard InChI is InChI=1S/C12H10N4O3/c1-8-2-3-9(11(6-8)16(18)19)15-12(17)10-7-13-4-5-14-10/h2-7H,1H3,(H,15,17). The maximum absolute atomic E-state index is 11.8. The molecule has 0 saturated carbocycles. The van der Waals surface area contributed by atoms with Crippen LogP contribution >= 0.6 is 0 Å². The van der Waals surface area contributed by atoms with Gasteiger partial charge in [0.05, 0.1) is 11.1 Å². The lowest BCUT2D eigenvalue weighted by Gasteiger charge is -2.05. The van der Waals surface area contributed by atoms with Gasteiger partial charge in [0.25, 0.3) is 11.6 Å². The fourth-order valence-corrected chi connectivity index (χ4v) is 1.50. The number of anilines is 1. The predicted molar refractivity (Wildman–Crippen MR) is 67.8 cm³/mol. The number of nitrogens with one attached hydrogen (secondary N) is 1. The average Bonchev–Trinajstić information content (AvgIpc) is 2.41. The van der Waals surface area contributed by atoms with Crippen LogP contribution < -0.4 is 5.32 Å². The van der Waals surface area contributed by atoms with Gasteiger partial charge in [-0.1, -0.05) is 6.07 Å². The Bertz CT molecular complexity index is 628. The first-order valence-corrected chi connectivity index (χ1v) is 5.40. The summed E-state index contributed by atoms with van der Waals surface area (Å²) >= 11 is 0. The number of carbonyl (C=O) groups is 1. The first kappa shape index (κ1) is 12.6. The number of hydrogen-bond donors (Lipinski definition) is 1. The topological polar surface area (TPSA) is 98.0 Å². The summed E-state index contributed by atoms with van der Waals surface area (Å²) in [6.07, 6.45) is 4.10. The third kappa shape index (κ3) is 2.89. The third-order valence-electron chi connectivity index (χ3n) is 2.39. The van der Waals surface area contributed by atoms with Gasteiger partial charge in [0.1, 0.15) is 11.4 Å². The molecule has 0 atom stereocenters. The van der Waals surface area contributed by atoms with Gasteiger partial charge in [-0.2, -0.15) is 0 Å². The van der Waals surface area contributed by atoms with Crippen molar-refractivity contribution < 1.29 is 9.72 Å². The van der Waals surface area contributed by atoms with E-state index in [0.29, 0.717) is 0 Å². The number of hydrogen-bond acceptors (Lipinski definition) is 5. The Kier molecular flexibility index (Phi) is 3.46. The van der Waals surface area contributed by atoms with E-state index in [-0.39, 0.29) is 17.1 Å². The number of benzene rings is 1. The summed E-state index contributed by atoms with van der Waals surface area (Å²) in [4.78, 5) is 29.8. The lowest BCUT2D eigenvalue weighted by Crippen LogP contribution is -2.14. The van der Waals surface area contributed by atoms with Gasteiger partial charge in [0.15, 0.2) is 0 Å². The first-order chi connectivity index (χ1) is 9.08. The van der Waals surface area contributed by atoms with E-state index in [1.54, 1.807) is 13.0 Å². The highest BCUT2D eigenvalue weighted by Gasteiger charge is 2.17. The molecule has 1 amide bonds. The zero-order chi connectivity index (χ0) is 13.8. The molecule has 0 unspecified atom stereocenters. The highest BCUT2D eigenvalue weighted by atomic mass is 16.6. The molecule has 1 aromatic carbocycles. The Morgan fingerprint density at radius 2 is 2.16 bits per heavy atom. The Balaban J connectivity index is 2.29. The molecular formula is C12H10N4O3. The molecule has 0 spiro atoms. The third-order valence-corrected chi connectivity index (χ3v) is 2.39. The number of rotatable bonds is 3.